The first-order valence-corrected chi connectivity index (χ1v) is 6.25. The number of nitrogens with zero attached hydrogens (tertiary/aromatic N) is 1. The van der Waals surface area contributed by atoms with E-state index in [-0.39, 0.29) is 5.57 Å². The lowest BCUT2D eigenvalue weighted by Gasteiger charge is -2.12. The minimum absolute atomic E-state index is 0.235. The van der Waals surface area contributed by atoms with Crippen LogP contribution < -0.4 is 4.74 Å². The normalized spacial score (nSPS) is 10.9. The number of hydrogen-bond donors (Lipinski definition) is 0. The molecule has 0 N–H and O–H groups in total. The lowest BCUT2D eigenvalue weighted by Crippen LogP contribution is -2.06. The summed E-state index contributed by atoms with van der Waals surface area (Å²) in [5.74, 6) is 0.624. The van der Waals surface area contributed by atoms with Gasteiger partial charge in [-0.25, -0.2) is 4.79 Å². The summed E-state index contributed by atoms with van der Waals surface area (Å²) in [5.41, 5.74) is 0.731. The van der Waals surface area contributed by atoms with E-state index in [0.717, 1.165) is 0 Å². The molecule has 0 aliphatic rings. The highest BCUT2D eigenvalue weighted by atomic mass is 16.5. The topological polar surface area (TPSA) is 57.7 Å². The van der Waals surface area contributed by atoms with E-state index in [2.05, 4.69) is 4.98 Å². The van der Waals surface area contributed by atoms with Crippen LogP contribution in [0.2, 0.25) is 0 Å². The van der Waals surface area contributed by atoms with Crippen LogP contribution in [0.25, 0.3) is 5.57 Å². The smallest absolute Gasteiger partial charge is 0.341 e. The number of benzene rings is 1. The number of carbonyl (C=O) groups is 1. The van der Waals surface area contributed by atoms with Gasteiger partial charge in [0.1, 0.15) is 17.1 Å². The number of hydrogen-bond acceptors (Lipinski definition) is 5. The van der Waals surface area contributed by atoms with E-state index in [1.807, 2.05) is 30.3 Å². The molecule has 108 valence electrons. The number of carbonyl (C=O) groups excluding carboxylic acids is 1. The molecule has 2 aromatic rings. The molecule has 1 aromatic carbocycles. The molecule has 1 heterocycles. The first-order chi connectivity index (χ1) is 10.3. The molecule has 0 aliphatic carbocycles. The standard InChI is InChI=1S/C16H15NO4/c1-19-11-14(16(18)20-2)13-10-17-9-8-15(13)21-12-6-4-3-5-7-12/h3-11H,1-2H3. The maximum atomic E-state index is 11.9. The van der Waals surface area contributed by atoms with Crippen molar-refractivity contribution in [3.05, 3.63) is 60.6 Å². The minimum atomic E-state index is -0.525. The van der Waals surface area contributed by atoms with Crippen LogP contribution in [0.3, 0.4) is 0 Å². The highest BCUT2D eigenvalue weighted by Gasteiger charge is 2.18. The molecule has 21 heavy (non-hydrogen) atoms. The highest BCUT2D eigenvalue weighted by Crippen LogP contribution is 2.30. The van der Waals surface area contributed by atoms with E-state index in [9.17, 15) is 4.79 Å². The molecule has 0 fully saturated rings. The molecular formula is C16H15NO4. The summed E-state index contributed by atoms with van der Waals surface area (Å²) >= 11 is 0. The third-order valence-corrected chi connectivity index (χ3v) is 2.68. The fourth-order valence-corrected chi connectivity index (χ4v) is 1.74. The van der Waals surface area contributed by atoms with Crippen molar-refractivity contribution in [3.8, 4) is 11.5 Å². The van der Waals surface area contributed by atoms with E-state index in [4.69, 9.17) is 14.2 Å². The van der Waals surface area contributed by atoms with Gasteiger partial charge in [-0.15, -0.1) is 0 Å². The summed E-state index contributed by atoms with van der Waals surface area (Å²) in [5, 5.41) is 0. The number of aromatic nitrogens is 1. The van der Waals surface area contributed by atoms with Crippen LogP contribution in [0.5, 0.6) is 11.5 Å². The first-order valence-electron chi connectivity index (χ1n) is 6.25. The van der Waals surface area contributed by atoms with Gasteiger partial charge in [0.25, 0.3) is 0 Å². The maximum absolute atomic E-state index is 11.9. The number of esters is 1. The summed E-state index contributed by atoms with van der Waals surface area (Å²) in [7, 11) is 2.76. The third kappa shape index (κ3) is 3.60. The summed E-state index contributed by atoms with van der Waals surface area (Å²) in [6, 6.07) is 10.9. The number of methoxy groups -OCH3 is 2. The lowest BCUT2D eigenvalue weighted by atomic mass is 10.1. The second-order valence-corrected chi connectivity index (χ2v) is 4.05. The maximum Gasteiger partial charge on any atom is 0.341 e. The zero-order valence-electron chi connectivity index (χ0n) is 11.8. The predicted molar refractivity (Wildman–Crippen MR) is 77.8 cm³/mol. The third-order valence-electron chi connectivity index (χ3n) is 2.68. The zero-order chi connectivity index (χ0) is 15.1. The van der Waals surface area contributed by atoms with Crippen LogP contribution in [0.1, 0.15) is 5.56 Å². The molecule has 0 spiro atoms. The van der Waals surface area contributed by atoms with Crippen molar-refractivity contribution in [3.63, 3.8) is 0 Å². The fraction of sp³-hybridized carbons (Fsp3) is 0.125. The van der Waals surface area contributed by atoms with Crippen molar-refractivity contribution in [2.45, 2.75) is 0 Å². The van der Waals surface area contributed by atoms with Gasteiger partial charge in [0.15, 0.2) is 0 Å². The number of para-hydroxylation sites is 1. The van der Waals surface area contributed by atoms with Gasteiger partial charge in [-0.05, 0) is 18.2 Å². The van der Waals surface area contributed by atoms with Crippen LogP contribution in [0.4, 0.5) is 0 Å². The van der Waals surface area contributed by atoms with Crippen LogP contribution in [-0.4, -0.2) is 25.2 Å². The molecule has 0 atom stereocenters. The Hall–Kier alpha value is -2.82. The molecule has 0 radical (unpaired) electrons. The highest BCUT2D eigenvalue weighted by molar-refractivity contribution is 6.16. The molecule has 0 saturated heterocycles. The van der Waals surface area contributed by atoms with Crippen molar-refractivity contribution in [1.29, 1.82) is 0 Å². The Kier molecular flexibility index (Phi) is 4.93. The van der Waals surface area contributed by atoms with Crippen molar-refractivity contribution in [2.24, 2.45) is 0 Å². The van der Waals surface area contributed by atoms with Gasteiger partial charge in [-0.1, -0.05) is 18.2 Å². The Balaban J connectivity index is 2.40. The molecule has 2 rings (SSSR count). The van der Waals surface area contributed by atoms with E-state index in [0.29, 0.717) is 17.1 Å². The monoisotopic (exact) mass is 285 g/mol. The molecule has 0 bridgehead atoms. The Labute approximate surface area is 122 Å². The lowest BCUT2D eigenvalue weighted by molar-refractivity contribution is -0.133. The second-order valence-electron chi connectivity index (χ2n) is 4.05. The Morgan fingerprint density at radius 1 is 1.14 bits per heavy atom. The van der Waals surface area contributed by atoms with Crippen molar-refractivity contribution < 1.29 is 19.0 Å². The summed E-state index contributed by atoms with van der Waals surface area (Å²) in [4.78, 5) is 15.9. The van der Waals surface area contributed by atoms with Crippen LogP contribution >= 0.6 is 0 Å². The number of rotatable bonds is 5. The number of pyridine rings is 1. The van der Waals surface area contributed by atoms with Gasteiger partial charge in [0.05, 0.1) is 26.0 Å². The largest absolute Gasteiger partial charge is 0.503 e. The van der Waals surface area contributed by atoms with Gasteiger partial charge < -0.3 is 14.2 Å². The average molecular weight is 285 g/mol. The van der Waals surface area contributed by atoms with Gasteiger partial charge >= 0.3 is 5.97 Å². The van der Waals surface area contributed by atoms with Gasteiger partial charge in [-0.3, -0.25) is 4.98 Å². The van der Waals surface area contributed by atoms with E-state index >= 15 is 0 Å². The Morgan fingerprint density at radius 3 is 2.57 bits per heavy atom. The van der Waals surface area contributed by atoms with E-state index < -0.39 is 5.97 Å². The molecule has 1 aromatic heterocycles. The van der Waals surface area contributed by atoms with E-state index in [1.165, 1.54) is 26.7 Å². The molecule has 0 aliphatic heterocycles. The van der Waals surface area contributed by atoms with Crippen molar-refractivity contribution >= 4 is 11.5 Å². The van der Waals surface area contributed by atoms with Crippen LogP contribution in [0, 0.1) is 0 Å². The first kappa shape index (κ1) is 14.6. The Bertz CT molecular complexity index is 638. The quantitative estimate of drug-likeness (QED) is 0.480. The van der Waals surface area contributed by atoms with Gasteiger partial charge in [-0.2, -0.15) is 0 Å². The molecule has 0 unspecified atom stereocenters. The Morgan fingerprint density at radius 2 is 1.90 bits per heavy atom. The number of ether oxygens (including phenoxy) is 3. The molecule has 5 heteroatoms. The van der Waals surface area contributed by atoms with Gasteiger partial charge in [0.2, 0.25) is 0 Å². The fourth-order valence-electron chi connectivity index (χ4n) is 1.74. The summed E-state index contributed by atoms with van der Waals surface area (Å²) in [6.07, 6.45) is 4.42. The predicted octanol–water partition coefficient (Wildman–Crippen LogP) is 3.03. The zero-order valence-corrected chi connectivity index (χ0v) is 11.8. The molecule has 0 saturated carbocycles. The minimum Gasteiger partial charge on any atom is -0.503 e. The summed E-state index contributed by atoms with van der Waals surface area (Å²) < 4.78 is 15.5. The molecule has 5 nitrogen and oxygen atoms in total. The van der Waals surface area contributed by atoms with Crippen molar-refractivity contribution in [1.82, 2.24) is 4.98 Å². The van der Waals surface area contributed by atoms with Crippen LogP contribution in [-0.2, 0) is 14.3 Å². The van der Waals surface area contributed by atoms with E-state index in [1.54, 1.807) is 12.3 Å². The van der Waals surface area contributed by atoms with Crippen molar-refractivity contribution in [2.75, 3.05) is 14.2 Å². The second kappa shape index (κ2) is 7.09. The summed E-state index contributed by atoms with van der Waals surface area (Å²) in [6.45, 7) is 0. The SMILES string of the molecule is COC=C(C(=O)OC)c1cnccc1Oc1ccccc1. The molecular weight excluding hydrogens is 270 g/mol. The average Bonchev–Trinajstić information content (AvgIpc) is 2.54. The van der Waals surface area contributed by atoms with Crippen LogP contribution in [0.15, 0.2) is 55.1 Å². The molecule has 0 amide bonds. The van der Waals surface area contributed by atoms with Gasteiger partial charge in [0, 0.05) is 12.4 Å².